The first-order chi connectivity index (χ1) is 19.1. The fourth-order valence-electron chi connectivity index (χ4n) is 7.33. The molecule has 2 saturated heterocycles. The fourth-order valence-corrected chi connectivity index (χ4v) is 7.33. The van der Waals surface area contributed by atoms with E-state index in [4.69, 9.17) is 4.74 Å². The van der Waals surface area contributed by atoms with E-state index in [1.54, 1.807) is 19.2 Å². The van der Waals surface area contributed by atoms with Crippen LogP contribution in [0, 0.1) is 12.3 Å². The van der Waals surface area contributed by atoms with Gasteiger partial charge >= 0.3 is 5.97 Å². The number of aromatic nitrogens is 1. The summed E-state index contributed by atoms with van der Waals surface area (Å²) in [6.07, 6.45) is 4.22. The maximum absolute atomic E-state index is 14.1. The third-order valence-electron chi connectivity index (χ3n) is 9.30. The summed E-state index contributed by atoms with van der Waals surface area (Å²) in [4.78, 5) is 31.8. The molecule has 1 amide bonds. The van der Waals surface area contributed by atoms with Gasteiger partial charge in [0.05, 0.1) is 7.11 Å². The Bertz CT molecular complexity index is 1440. The molecule has 0 bridgehead atoms. The van der Waals surface area contributed by atoms with Crippen LogP contribution in [-0.2, 0) is 11.3 Å². The Morgan fingerprint density at radius 3 is 2.58 bits per heavy atom. The number of halogens is 2. The summed E-state index contributed by atoms with van der Waals surface area (Å²) in [6.45, 7) is 3.75. The molecule has 2 aliphatic heterocycles. The maximum atomic E-state index is 14.1. The minimum absolute atomic E-state index is 0.0810. The SMILES string of the molecule is COc1cc(C)c2[nH]ccc2c1CN1CCC2(C[C@@H]1c1ccc(C(=O)N3CCC[C@@H]3C(=O)O)cc1)CC(F)(F)C2. The number of carbonyl (C=O) groups excluding carboxylic acids is 1. The summed E-state index contributed by atoms with van der Waals surface area (Å²) in [5.74, 6) is -3.06. The summed E-state index contributed by atoms with van der Waals surface area (Å²) >= 11 is 0. The van der Waals surface area contributed by atoms with Crippen molar-refractivity contribution in [3.8, 4) is 5.75 Å². The van der Waals surface area contributed by atoms with Crippen LogP contribution in [-0.4, -0.2) is 63.9 Å². The van der Waals surface area contributed by atoms with Gasteiger partial charge in [-0.25, -0.2) is 13.6 Å². The molecule has 1 saturated carbocycles. The van der Waals surface area contributed by atoms with Gasteiger partial charge in [0.15, 0.2) is 0 Å². The average Bonchev–Trinajstić information content (AvgIpc) is 3.60. The number of likely N-dealkylation sites (tertiary alicyclic amines) is 2. The van der Waals surface area contributed by atoms with Crippen LogP contribution in [0.2, 0.25) is 0 Å². The van der Waals surface area contributed by atoms with Gasteiger partial charge in [0.1, 0.15) is 11.8 Å². The molecule has 9 heteroatoms. The van der Waals surface area contributed by atoms with E-state index in [1.165, 1.54) is 4.90 Å². The minimum Gasteiger partial charge on any atom is -0.496 e. The second-order valence-corrected chi connectivity index (χ2v) is 11.9. The molecule has 3 heterocycles. The van der Waals surface area contributed by atoms with Gasteiger partial charge in [-0.05, 0) is 80.0 Å². The lowest BCUT2D eigenvalue weighted by Crippen LogP contribution is -2.53. The summed E-state index contributed by atoms with van der Waals surface area (Å²) < 4.78 is 33.9. The van der Waals surface area contributed by atoms with E-state index >= 15 is 0 Å². The van der Waals surface area contributed by atoms with Gasteiger partial charge in [-0.15, -0.1) is 0 Å². The summed E-state index contributed by atoms with van der Waals surface area (Å²) in [6, 6.07) is 10.5. The van der Waals surface area contributed by atoms with Crippen molar-refractivity contribution < 1.29 is 28.2 Å². The Kier molecular flexibility index (Phi) is 6.60. The van der Waals surface area contributed by atoms with E-state index < -0.39 is 17.9 Å². The van der Waals surface area contributed by atoms with E-state index in [0.29, 0.717) is 50.9 Å². The Morgan fingerprint density at radius 2 is 1.90 bits per heavy atom. The highest BCUT2D eigenvalue weighted by Gasteiger charge is 2.58. The van der Waals surface area contributed by atoms with E-state index in [0.717, 1.165) is 33.3 Å². The van der Waals surface area contributed by atoms with Crippen molar-refractivity contribution in [3.63, 3.8) is 0 Å². The van der Waals surface area contributed by atoms with Crippen molar-refractivity contribution in [1.82, 2.24) is 14.8 Å². The van der Waals surface area contributed by atoms with Gasteiger partial charge in [0, 0.05) is 60.2 Å². The zero-order valence-electron chi connectivity index (χ0n) is 22.9. The summed E-state index contributed by atoms with van der Waals surface area (Å²) in [5, 5.41) is 10.6. The number of benzene rings is 2. The molecular weight excluding hydrogens is 516 g/mol. The number of rotatable bonds is 6. The lowest BCUT2D eigenvalue weighted by Gasteiger charge is -2.54. The minimum atomic E-state index is -2.60. The molecule has 3 fully saturated rings. The molecule has 2 aromatic carbocycles. The van der Waals surface area contributed by atoms with Gasteiger partial charge in [-0.3, -0.25) is 9.69 Å². The van der Waals surface area contributed by atoms with Crippen LogP contribution >= 0.6 is 0 Å². The average molecular weight is 552 g/mol. The number of carboxylic acid groups (broad SMARTS) is 1. The van der Waals surface area contributed by atoms with Gasteiger partial charge < -0.3 is 19.7 Å². The number of carboxylic acids is 1. The Labute approximate surface area is 232 Å². The third kappa shape index (κ3) is 4.64. The zero-order valence-corrected chi connectivity index (χ0v) is 22.9. The number of hydrogen-bond acceptors (Lipinski definition) is 4. The van der Waals surface area contributed by atoms with Crippen LogP contribution in [0.15, 0.2) is 42.6 Å². The second kappa shape index (κ2) is 9.87. The summed E-state index contributed by atoms with van der Waals surface area (Å²) in [7, 11) is 1.67. The number of fused-ring (bicyclic) bond motifs is 1. The Balaban J connectivity index is 1.30. The molecule has 7 nitrogen and oxygen atoms in total. The zero-order chi connectivity index (χ0) is 28.2. The number of aryl methyl sites for hydroxylation is 1. The number of aromatic amines is 1. The van der Waals surface area contributed by atoms with Gasteiger partial charge in [0.2, 0.25) is 5.92 Å². The molecule has 0 unspecified atom stereocenters. The van der Waals surface area contributed by atoms with Gasteiger partial charge in [-0.1, -0.05) is 12.1 Å². The number of amides is 1. The van der Waals surface area contributed by atoms with Crippen LogP contribution in [0.3, 0.4) is 0 Å². The molecule has 1 spiro atoms. The van der Waals surface area contributed by atoms with Crippen LogP contribution in [0.25, 0.3) is 10.9 Å². The largest absolute Gasteiger partial charge is 0.496 e. The second-order valence-electron chi connectivity index (χ2n) is 11.9. The van der Waals surface area contributed by atoms with Crippen molar-refractivity contribution in [2.24, 2.45) is 5.41 Å². The third-order valence-corrected chi connectivity index (χ3v) is 9.30. The number of hydrogen-bond donors (Lipinski definition) is 2. The number of piperidine rings is 1. The highest BCUT2D eigenvalue weighted by molar-refractivity contribution is 5.97. The van der Waals surface area contributed by atoms with Crippen LogP contribution < -0.4 is 4.74 Å². The van der Waals surface area contributed by atoms with Crippen molar-refractivity contribution in [3.05, 3.63) is 64.8 Å². The first-order valence-corrected chi connectivity index (χ1v) is 14.0. The smallest absolute Gasteiger partial charge is 0.326 e. The first kappa shape index (κ1) is 26.7. The molecule has 40 heavy (non-hydrogen) atoms. The molecule has 3 aliphatic rings. The molecule has 3 aromatic rings. The molecule has 1 aromatic heterocycles. The Morgan fingerprint density at radius 1 is 1.15 bits per heavy atom. The molecule has 1 aliphatic carbocycles. The van der Waals surface area contributed by atoms with E-state index in [9.17, 15) is 23.5 Å². The number of nitrogens with zero attached hydrogens (tertiary/aromatic N) is 2. The lowest BCUT2D eigenvalue weighted by atomic mass is 9.59. The standard InChI is InChI=1S/C31H35F2N3O4/c1-19-14-26(40-2)23(22-9-11-34-27(19)22)16-35-13-10-30(17-31(32,33)18-30)15-25(35)20-5-7-21(8-6-20)28(37)36-12-3-4-24(36)29(38)39/h5-9,11,14,24-25,34H,3-4,10,12-13,15-18H2,1-2H3,(H,38,39)/t24-,25-/m1/s1. The number of H-pyrrole nitrogens is 1. The number of aliphatic carboxylic acids is 1. The number of methoxy groups -OCH3 is 1. The predicted octanol–water partition coefficient (Wildman–Crippen LogP) is 5.93. The highest BCUT2D eigenvalue weighted by Crippen LogP contribution is 2.60. The number of alkyl halides is 2. The highest BCUT2D eigenvalue weighted by atomic mass is 19.3. The topological polar surface area (TPSA) is 85.9 Å². The molecule has 2 atom stereocenters. The van der Waals surface area contributed by atoms with E-state index in [-0.39, 0.29) is 30.2 Å². The number of ether oxygens (including phenoxy) is 1. The van der Waals surface area contributed by atoms with Crippen LogP contribution in [0.4, 0.5) is 8.78 Å². The maximum Gasteiger partial charge on any atom is 0.326 e. The molecular formula is C31H35F2N3O4. The monoisotopic (exact) mass is 551 g/mol. The van der Waals surface area contributed by atoms with Crippen molar-refractivity contribution in [2.45, 2.75) is 70.0 Å². The number of nitrogens with one attached hydrogen (secondary N) is 1. The van der Waals surface area contributed by atoms with Crippen molar-refractivity contribution in [1.29, 1.82) is 0 Å². The molecule has 0 radical (unpaired) electrons. The quantitative estimate of drug-likeness (QED) is 0.397. The van der Waals surface area contributed by atoms with Gasteiger partial charge in [-0.2, -0.15) is 0 Å². The molecule has 6 rings (SSSR count). The lowest BCUT2D eigenvalue weighted by molar-refractivity contribution is -0.186. The van der Waals surface area contributed by atoms with E-state index in [1.807, 2.05) is 31.3 Å². The van der Waals surface area contributed by atoms with Crippen molar-refractivity contribution in [2.75, 3.05) is 20.2 Å². The first-order valence-electron chi connectivity index (χ1n) is 14.0. The fraction of sp³-hybridized carbons (Fsp3) is 0.484. The summed E-state index contributed by atoms with van der Waals surface area (Å²) in [5.41, 5.74) is 4.24. The van der Waals surface area contributed by atoms with Crippen LogP contribution in [0.5, 0.6) is 5.75 Å². The number of carbonyl (C=O) groups is 2. The molecule has 212 valence electrons. The Hall–Kier alpha value is -3.46. The normalized spacial score (nSPS) is 23.9. The molecule has 2 N–H and O–H groups in total. The van der Waals surface area contributed by atoms with Gasteiger partial charge in [0.25, 0.3) is 5.91 Å². The van der Waals surface area contributed by atoms with Crippen molar-refractivity contribution >= 4 is 22.8 Å². The van der Waals surface area contributed by atoms with Crippen LogP contribution in [0.1, 0.15) is 71.6 Å². The van der Waals surface area contributed by atoms with E-state index in [2.05, 4.69) is 16.0 Å². The predicted molar refractivity (Wildman–Crippen MR) is 147 cm³/mol.